The van der Waals surface area contributed by atoms with Crippen LogP contribution in [0.5, 0.6) is 5.75 Å². The van der Waals surface area contributed by atoms with Gasteiger partial charge in [-0.2, -0.15) is 0 Å². The van der Waals surface area contributed by atoms with Gasteiger partial charge in [-0.25, -0.2) is 4.98 Å². The van der Waals surface area contributed by atoms with E-state index < -0.39 is 0 Å². The number of carbonyl (C=O) groups excluding carboxylic acids is 2. The highest BCUT2D eigenvalue weighted by molar-refractivity contribution is 7.22. The summed E-state index contributed by atoms with van der Waals surface area (Å²) in [7, 11) is 0. The normalized spacial score (nSPS) is 16.6. The number of amides is 1. The first-order chi connectivity index (χ1) is 12.2. The summed E-state index contributed by atoms with van der Waals surface area (Å²) in [4.78, 5) is 28.3. The molecule has 25 heavy (non-hydrogen) atoms. The van der Waals surface area contributed by atoms with E-state index in [-0.39, 0.29) is 24.4 Å². The van der Waals surface area contributed by atoms with Crippen LogP contribution in [0.15, 0.2) is 30.4 Å². The van der Waals surface area contributed by atoms with Gasteiger partial charge < -0.3 is 9.47 Å². The van der Waals surface area contributed by atoms with Crippen LogP contribution in [0, 0.1) is 5.92 Å². The molecule has 0 aliphatic heterocycles. The van der Waals surface area contributed by atoms with Gasteiger partial charge in [-0.05, 0) is 44.4 Å². The molecule has 1 aliphatic rings. The molecule has 1 heterocycles. The fraction of sp³-hybridized carbons (Fsp3) is 0.389. The zero-order valence-corrected chi connectivity index (χ0v) is 14.8. The maximum atomic E-state index is 12.0. The molecular formula is C18H20N2O4S. The van der Waals surface area contributed by atoms with Crippen LogP contribution in [0.1, 0.15) is 26.2 Å². The van der Waals surface area contributed by atoms with Crippen LogP contribution in [-0.4, -0.2) is 30.1 Å². The number of nitrogens with zero attached hydrogens (tertiary/aromatic N) is 1. The van der Waals surface area contributed by atoms with Crippen molar-refractivity contribution in [2.45, 2.75) is 26.2 Å². The first-order valence-corrected chi connectivity index (χ1v) is 9.12. The van der Waals surface area contributed by atoms with E-state index in [1.807, 2.05) is 31.2 Å². The van der Waals surface area contributed by atoms with Crippen molar-refractivity contribution in [3.8, 4) is 5.75 Å². The fourth-order valence-corrected chi connectivity index (χ4v) is 3.54. The topological polar surface area (TPSA) is 77.5 Å². The van der Waals surface area contributed by atoms with E-state index in [0.717, 1.165) is 28.8 Å². The lowest BCUT2D eigenvalue weighted by Gasteiger charge is -2.15. The van der Waals surface area contributed by atoms with Gasteiger partial charge in [0.1, 0.15) is 5.75 Å². The van der Waals surface area contributed by atoms with Crippen LogP contribution in [0.3, 0.4) is 0 Å². The van der Waals surface area contributed by atoms with Gasteiger partial charge in [0.2, 0.25) is 0 Å². The Kier molecular flexibility index (Phi) is 5.65. The average Bonchev–Trinajstić information content (AvgIpc) is 3.02. The molecule has 1 N–H and O–H groups in total. The number of hydrogen-bond donors (Lipinski definition) is 1. The Balaban J connectivity index is 1.54. The number of aromatic nitrogens is 1. The molecule has 132 valence electrons. The number of ether oxygens (including phenoxy) is 2. The minimum Gasteiger partial charge on any atom is -0.494 e. The van der Waals surface area contributed by atoms with Crippen molar-refractivity contribution in [1.82, 2.24) is 4.98 Å². The number of carbonyl (C=O) groups is 2. The molecule has 2 aromatic rings. The number of allylic oxidation sites excluding steroid dienone is 2. The molecule has 1 aliphatic carbocycles. The Morgan fingerprint density at radius 2 is 2.24 bits per heavy atom. The number of nitrogens with one attached hydrogen (secondary N) is 1. The summed E-state index contributed by atoms with van der Waals surface area (Å²) in [6, 6.07) is 5.59. The third kappa shape index (κ3) is 4.57. The summed E-state index contributed by atoms with van der Waals surface area (Å²) in [5.41, 5.74) is 0.787. The van der Waals surface area contributed by atoms with Crippen LogP contribution in [-0.2, 0) is 14.3 Å². The van der Waals surface area contributed by atoms with E-state index in [9.17, 15) is 9.59 Å². The smallest absolute Gasteiger partial charge is 0.309 e. The van der Waals surface area contributed by atoms with E-state index in [0.29, 0.717) is 18.2 Å². The molecule has 0 fully saturated rings. The van der Waals surface area contributed by atoms with Crippen LogP contribution in [0.25, 0.3) is 10.2 Å². The van der Waals surface area contributed by atoms with Gasteiger partial charge in [0.05, 0.1) is 22.7 Å². The molecule has 0 spiro atoms. The Hall–Kier alpha value is -2.41. The van der Waals surface area contributed by atoms with Gasteiger partial charge in [-0.3, -0.25) is 14.9 Å². The second kappa shape index (κ2) is 8.11. The Labute approximate surface area is 149 Å². The maximum Gasteiger partial charge on any atom is 0.309 e. The predicted molar refractivity (Wildman–Crippen MR) is 96.9 cm³/mol. The van der Waals surface area contributed by atoms with Crippen molar-refractivity contribution >= 4 is 38.6 Å². The second-order valence-electron chi connectivity index (χ2n) is 5.72. The lowest BCUT2D eigenvalue weighted by Crippen LogP contribution is -2.25. The van der Waals surface area contributed by atoms with E-state index in [2.05, 4.69) is 16.4 Å². The van der Waals surface area contributed by atoms with Gasteiger partial charge in [0, 0.05) is 0 Å². The van der Waals surface area contributed by atoms with Crippen LogP contribution in [0.4, 0.5) is 5.13 Å². The molecule has 1 atom stereocenters. The fourth-order valence-electron chi connectivity index (χ4n) is 2.63. The minimum atomic E-state index is -0.385. The largest absolute Gasteiger partial charge is 0.494 e. The monoisotopic (exact) mass is 360 g/mol. The molecule has 0 saturated carbocycles. The molecule has 6 nitrogen and oxygen atoms in total. The van der Waals surface area contributed by atoms with E-state index in [1.54, 1.807) is 0 Å². The molecule has 0 unspecified atom stereocenters. The Morgan fingerprint density at radius 3 is 3.00 bits per heavy atom. The minimum absolute atomic E-state index is 0.141. The number of hydrogen-bond acceptors (Lipinski definition) is 6. The summed E-state index contributed by atoms with van der Waals surface area (Å²) in [5.74, 6) is -0.0711. The highest BCUT2D eigenvalue weighted by Gasteiger charge is 2.21. The van der Waals surface area contributed by atoms with Crippen molar-refractivity contribution < 1.29 is 19.1 Å². The molecule has 7 heteroatoms. The average molecular weight is 360 g/mol. The number of fused-ring (bicyclic) bond motifs is 1. The Morgan fingerprint density at radius 1 is 1.36 bits per heavy atom. The summed E-state index contributed by atoms with van der Waals surface area (Å²) < 4.78 is 11.5. The maximum absolute atomic E-state index is 12.0. The van der Waals surface area contributed by atoms with Gasteiger partial charge in [-0.15, -0.1) is 0 Å². The summed E-state index contributed by atoms with van der Waals surface area (Å²) in [6.07, 6.45) is 6.37. The third-order valence-electron chi connectivity index (χ3n) is 3.87. The zero-order valence-electron chi connectivity index (χ0n) is 14.0. The van der Waals surface area contributed by atoms with Gasteiger partial charge in [-0.1, -0.05) is 23.5 Å². The van der Waals surface area contributed by atoms with E-state index >= 15 is 0 Å². The quantitative estimate of drug-likeness (QED) is 0.630. The SMILES string of the molecule is CCOc1ccc2nc(NC(=O)COC(=O)[C@@H]3CC=CCC3)sc2c1. The Bertz CT molecular complexity index is 799. The number of thiazole rings is 1. The number of anilines is 1. The number of benzene rings is 1. The van der Waals surface area contributed by atoms with Crippen LogP contribution in [0.2, 0.25) is 0 Å². The highest BCUT2D eigenvalue weighted by atomic mass is 32.1. The third-order valence-corrected chi connectivity index (χ3v) is 4.80. The summed E-state index contributed by atoms with van der Waals surface area (Å²) >= 11 is 1.36. The standard InChI is InChI=1S/C18H20N2O4S/c1-2-23-13-8-9-14-15(10-13)25-18(19-14)20-16(21)11-24-17(22)12-6-4-3-5-7-12/h3-4,8-10,12H,2,5-7,11H2,1H3,(H,19,20,21)/t12-/m1/s1. The van der Waals surface area contributed by atoms with Crippen molar-refractivity contribution in [3.63, 3.8) is 0 Å². The predicted octanol–water partition coefficient (Wildman–Crippen LogP) is 3.53. The summed E-state index contributed by atoms with van der Waals surface area (Å²) in [5, 5.41) is 3.15. The van der Waals surface area contributed by atoms with Gasteiger partial charge in [0.15, 0.2) is 11.7 Å². The van der Waals surface area contributed by atoms with E-state index in [4.69, 9.17) is 9.47 Å². The molecule has 1 amide bonds. The lowest BCUT2D eigenvalue weighted by atomic mass is 9.95. The zero-order chi connectivity index (χ0) is 17.6. The molecule has 1 aromatic carbocycles. The summed E-state index contributed by atoms with van der Waals surface area (Å²) in [6.45, 7) is 2.22. The first-order valence-electron chi connectivity index (χ1n) is 8.30. The van der Waals surface area contributed by atoms with Crippen molar-refractivity contribution in [1.29, 1.82) is 0 Å². The second-order valence-corrected chi connectivity index (χ2v) is 6.75. The van der Waals surface area contributed by atoms with Crippen molar-refractivity contribution in [2.75, 3.05) is 18.5 Å². The van der Waals surface area contributed by atoms with E-state index in [1.165, 1.54) is 11.3 Å². The van der Waals surface area contributed by atoms with Crippen LogP contribution < -0.4 is 10.1 Å². The number of rotatable bonds is 6. The number of esters is 1. The van der Waals surface area contributed by atoms with Crippen molar-refractivity contribution in [2.24, 2.45) is 5.92 Å². The van der Waals surface area contributed by atoms with Gasteiger partial charge in [0.25, 0.3) is 5.91 Å². The molecule has 1 aromatic heterocycles. The van der Waals surface area contributed by atoms with Crippen LogP contribution >= 0.6 is 11.3 Å². The van der Waals surface area contributed by atoms with Gasteiger partial charge >= 0.3 is 5.97 Å². The lowest BCUT2D eigenvalue weighted by molar-refractivity contribution is -0.151. The molecule has 3 rings (SSSR count). The first kappa shape index (κ1) is 17.4. The molecular weight excluding hydrogens is 340 g/mol. The highest BCUT2D eigenvalue weighted by Crippen LogP contribution is 2.29. The van der Waals surface area contributed by atoms with Crippen molar-refractivity contribution in [3.05, 3.63) is 30.4 Å². The molecule has 0 bridgehead atoms. The molecule has 0 saturated heterocycles. The molecule has 0 radical (unpaired) electrons.